The SMILES string of the molecule is O=C[C@H](O)[C@@H](O)[C@H](O)[C@H](O)COC(=O)CCC(=O)O. The topological polar surface area (TPSA) is 162 Å². The third-order valence-electron chi connectivity index (χ3n) is 2.19. The lowest BCUT2D eigenvalue weighted by atomic mass is 10.0. The number of aliphatic hydroxyl groups excluding tert-OH is 4. The van der Waals surface area contributed by atoms with E-state index in [1.807, 2.05) is 0 Å². The normalized spacial score (nSPS) is 17.1. The Morgan fingerprint density at radius 1 is 1.05 bits per heavy atom. The fourth-order valence-corrected chi connectivity index (χ4v) is 1.07. The van der Waals surface area contributed by atoms with Crippen molar-refractivity contribution in [1.82, 2.24) is 0 Å². The number of hydrogen-bond acceptors (Lipinski definition) is 8. The molecule has 0 aliphatic heterocycles. The highest BCUT2D eigenvalue weighted by atomic mass is 16.5. The van der Waals surface area contributed by atoms with Crippen LogP contribution in [0.15, 0.2) is 0 Å². The van der Waals surface area contributed by atoms with E-state index in [2.05, 4.69) is 4.74 Å². The molecule has 0 saturated heterocycles. The van der Waals surface area contributed by atoms with Crippen LogP contribution in [0, 0.1) is 0 Å². The van der Waals surface area contributed by atoms with Gasteiger partial charge in [0.2, 0.25) is 0 Å². The molecule has 0 aliphatic rings. The van der Waals surface area contributed by atoms with E-state index in [4.69, 9.17) is 10.2 Å². The fraction of sp³-hybridized carbons (Fsp3) is 0.700. The van der Waals surface area contributed by atoms with Gasteiger partial charge in [0.1, 0.15) is 31.0 Å². The van der Waals surface area contributed by atoms with E-state index in [0.717, 1.165) is 0 Å². The number of carboxylic acid groups (broad SMARTS) is 1. The predicted molar refractivity (Wildman–Crippen MR) is 57.9 cm³/mol. The van der Waals surface area contributed by atoms with Crippen LogP contribution >= 0.6 is 0 Å². The van der Waals surface area contributed by atoms with Gasteiger partial charge in [-0.2, -0.15) is 0 Å². The molecule has 0 heterocycles. The highest BCUT2D eigenvalue weighted by Gasteiger charge is 2.30. The smallest absolute Gasteiger partial charge is 0.306 e. The quantitative estimate of drug-likeness (QED) is 0.219. The zero-order chi connectivity index (χ0) is 15.0. The summed E-state index contributed by atoms with van der Waals surface area (Å²) in [7, 11) is 0. The molecule has 9 nitrogen and oxygen atoms in total. The lowest BCUT2D eigenvalue weighted by Gasteiger charge is -2.23. The van der Waals surface area contributed by atoms with Gasteiger partial charge >= 0.3 is 11.9 Å². The molecule has 0 aliphatic carbocycles. The van der Waals surface area contributed by atoms with E-state index in [-0.39, 0.29) is 6.29 Å². The van der Waals surface area contributed by atoms with Crippen molar-refractivity contribution in [2.24, 2.45) is 0 Å². The zero-order valence-corrected chi connectivity index (χ0v) is 9.88. The Balaban J connectivity index is 4.09. The van der Waals surface area contributed by atoms with E-state index in [1.54, 1.807) is 0 Å². The average molecular weight is 280 g/mol. The minimum atomic E-state index is -1.93. The van der Waals surface area contributed by atoms with Crippen molar-refractivity contribution < 1.29 is 44.7 Å². The maximum atomic E-state index is 11.0. The Bertz CT molecular complexity index is 316. The van der Waals surface area contributed by atoms with Crippen molar-refractivity contribution in [2.45, 2.75) is 37.3 Å². The maximum Gasteiger partial charge on any atom is 0.306 e. The number of aldehydes is 1. The minimum absolute atomic E-state index is 0.0283. The molecule has 0 aromatic heterocycles. The van der Waals surface area contributed by atoms with Gasteiger partial charge in [-0.3, -0.25) is 9.59 Å². The van der Waals surface area contributed by atoms with Crippen LogP contribution in [0.4, 0.5) is 0 Å². The molecule has 0 saturated carbocycles. The number of rotatable bonds is 9. The second kappa shape index (κ2) is 8.53. The summed E-state index contributed by atoms with van der Waals surface area (Å²) in [4.78, 5) is 31.3. The summed E-state index contributed by atoms with van der Waals surface area (Å²) in [5.41, 5.74) is 0. The van der Waals surface area contributed by atoms with Crippen LogP contribution in [0.1, 0.15) is 12.8 Å². The summed E-state index contributed by atoms with van der Waals surface area (Å²) in [6, 6.07) is 0. The van der Waals surface area contributed by atoms with E-state index >= 15 is 0 Å². The molecule has 0 rings (SSSR count). The van der Waals surface area contributed by atoms with E-state index in [9.17, 15) is 29.7 Å². The van der Waals surface area contributed by atoms with Crippen molar-refractivity contribution in [3.63, 3.8) is 0 Å². The van der Waals surface area contributed by atoms with Gasteiger partial charge in [-0.05, 0) is 0 Å². The van der Waals surface area contributed by atoms with Crippen LogP contribution in [0.2, 0.25) is 0 Å². The Morgan fingerprint density at radius 3 is 2.11 bits per heavy atom. The average Bonchev–Trinajstić information content (AvgIpc) is 2.39. The summed E-state index contributed by atoms with van der Waals surface area (Å²) < 4.78 is 4.45. The van der Waals surface area contributed by atoms with Crippen molar-refractivity contribution in [3.8, 4) is 0 Å². The molecule has 0 bridgehead atoms. The molecule has 0 aromatic carbocycles. The van der Waals surface area contributed by atoms with Crippen molar-refractivity contribution >= 4 is 18.2 Å². The third-order valence-corrected chi connectivity index (χ3v) is 2.19. The summed E-state index contributed by atoms with van der Waals surface area (Å²) in [5.74, 6) is -2.10. The second-order valence-corrected chi connectivity index (χ2v) is 3.75. The van der Waals surface area contributed by atoms with Gasteiger partial charge in [0.05, 0.1) is 12.8 Å². The number of hydrogen-bond donors (Lipinski definition) is 5. The maximum absolute atomic E-state index is 11.0. The van der Waals surface area contributed by atoms with Crippen molar-refractivity contribution in [1.29, 1.82) is 0 Å². The molecular weight excluding hydrogens is 264 g/mol. The van der Waals surface area contributed by atoms with Gasteiger partial charge < -0.3 is 35.1 Å². The summed E-state index contributed by atoms with van der Waals surface area (Å²) in [6.07, 6.45) is -8.30. The fourth-order valence-electron chi connectivity index (χ4n) is 1.07. The Morgan fingerprint density at radius 2 is 1.63 bits per heavy atom. The number of aliphatic carboxylic acids is 1. The minimum Gasteiger partial charge on any atom is -0.481 e. The van der Waals surface area contributed by atoms with E-state index in [0.29, 0.717) is 0 Å². The zero-order valence-electron chi connectivity index (χ0n) is 9.88. The van der Waals surface area contributed by atoms with Crippen LogP contribution < -0.4 is 0 Å². The van der Waals surface area contributed by atoms with Gasteiger partial charge in [0.25, 0.3) is 0 Å². The van der Waals surface area contributed by atoms with Gasteiger partial charge in [-0.15, -0.1) is 0 Å². The standard InChI is InChI=1S/C10H16O9/c11-3-5(12)9(17)10(18)6(13)4-19-8(16)2-1-7(14)15/h3,5-6,9-10,12-13,17-18H,1-2,4H2,(H,14,15)/t5-,6+,9+,10+/m0/s1. The molecule has 0 radical (unpaired) electrons. The number of ether oxygens (including phenoxy) is 1. The Kier molecular flexibility index (Phi) is 7.84. The lowest BCUT2D eigenvalue weighted by molar-refractivity contribution is -0.157. The monoisotopic (exact) mass is 280 g/mol. The molecule has 19 heavy (non-hydrogen) atoms. The number of aliphatic hydroxyl groups is 4. The number of carboxylic acids is 1. The first kappa shape index (κ1) is 17.4. The van der Waals surface area contributed by atoms with Crippen LogP contribution in [0.5, 0.6) is 0 Å². The summed E-state index contributed by atoms with van der Waals surface area (Å²) in [6.45, 7) is -0.706. The molecule has 0 aromatic rings. The lowest BCUT2D eigenvalue weighted by Crippen LogP contribution is -2.46. The van der Waals surface area contributed by atoms with Gasteiger partial charge in [-0.1, -0.05) is 0 Å². The molecule has 5 N–H and O–H groups in total. The summed E-state index contributed by atoms with van der Waals surface area (Å²) in [5, 5.41) is 45.0. The third kappa shape index (κ3) is 6.82. The molecule has 0 spiro atoms. The van der Waals surface area contributed by atoms with Crippen molar-refractivity contribution in [3.05, 3.63) is 0 Å². The molecule has 4 atom stereocenters. The molecular formula is C10H16O9. The molecule has 0 fully saturated rings. The van der Waals surface area contributed by atoms with Crippen LogP contribution in [0.25, 0.3) is 0 Å². The van der Waals surface area contributed by atoms with Gasteiger partial charge in [0, 0.05) is 0 Å². The Hall–Kier alpha value is -1.55. The van der Waals surface area contributed by atoms with Crippen LogP contribution in [-0.4, -0.2) is 74.8 Å². The molecule has 0 amide bonds. The van der Waals surface area contributed by atoms with E-state index < -0.39 is 55.8 Å². The highest BCUT2D eigenvalue weighted by Crippen LogP contribution is 2.05. The van der Waals surface area contributed by atoms with Crippen LogP contribution in [0.3, 0.4) is 0 Å². The highest BCUT2D eigenvalue weighted by molar-refractivity contribution is 5.76. The number of carbonyl (C=O) groups is 3. The Labute approximate surface area is 108 Å². The van der Waals surface area contributed by atoms with Gasteiger partial charge in [0.15, 0.2) is 6.29 Å². The molecule has 110 valence electrons. The first-order chi connectivity index (χ1) is 8.79. The predicted octanol–water partition coefficient (Wildman–Crippen LogP) is -2.96. The van der Waals surface area contributed by atoms with Crippen LogP contribution in [-0.2, 0) is 19.1 Å². The summed E-state index contributed by atoms with van der Waals surface area (Å²) >= 11 is 0. The van der Waals surface area contributed by atoms with E-state index in [1.165, 1.54) is 0 Å². The molecule has 9 heteroatoms. The number of carbonyl (C=O) groups excluding carboxylic acids is 2. The first-order valence-corrected chi connectivity index (χ1v) is 5.34. The second-order valence-electron chi connectivity index (χ2n) is 3.75. The van der Waals surface area contributed by atoms with Crippen molar-refractivity contribution in [2.75, 3.05) is 6.61 Å². The van der Waals surface area contributed by atoms with Gasteiger partial charge in [-0.25, -0.2) is 0 Å². The largest absolute Gasteiger partial charge is 0.481 e. The number of esters is 1. The molecule has 0 unspecified atom stereocenters. The first-order valence-electron chi connectivity index (χ1n) is 5.34.